The van der Waals surface area contributed by atoms with Crippen molar-refractivity contribution < 1.29 is 9.47 Å². The molecule has 5 nitrogen and oxygen atoms in total. The summed E-state index contributed by atoms with van der Waals surface area (Å²) in [4.78, 5) is 6.91. The van der Waals surface area contributed by atoms with Gasteiger partial charge < -0.3 is 14.8 Å². The molecular formula is C20H25N3O2. The van der Waals surface area contributed by atoms with E-state index < -0.39 is 0 Å². The molecule has 0 aliphatic carbocycles. The van der Waals surface area contributed by atoms with Crippen LogP contribution >= 0.6 is 0 Å². The van der Waals surface area contributed by atoms with Crippen molar-refractivity contribution in [1.29, 1.82) is 0 Å². The molecule has 2 aliphatic heterocycles. The molecule has 3 heterocycles. The third-order valence-electron chi connectivity index (χ3n) is 4.83. The zero-order valence-corrected chi connectivity index (χ0v) is 14.4. The number of likely N-dealkylation sites (tertiary alicyclic amines) is 1. The molecule has 2 saturated heterocycles. The van der Waals surface area contributed by atoms with E-state index in [0.717, 1.165) is 43.9 Å². The lowest BCUT2D eigenvalue weighted by atomic mass is 10.0. The molecule has 2 aromatic rings. The fourth-order valence-corrected chi connectivity index (χ4v) is 3.30. The topological polar surface area (TPSA) is 46.6 Å². The Morgan fingerprint density at radius 2 is 1.88 bits per heavy atom. The van der Waals surface area contributed by atoms with Crippen LogP contribution in [0.25, 0.3) is 0 Å². The number of ether oxygens (including phenoxy) is 2. The second-order valence-electron chi connectivity index (χ2n) is 6.82. The number of hydrogen-bond acceptors (Lipinski definition) is 5. The number of pyridine rings is 1. The summed E-state index contributed by atoms with van der Waals surface area (Å²) in [5.41, 5.74) is 2.32. The van der Waals surface area contributed by atoms with Crippen molar-refractivity contribution in [3.63, 3.8) is 0 Å². The quantitative estimate of drug-likeness (QED) is 0.877. The van der Waals surface area contributed by atoms with E-state index in [2.05, 4.69) is 39.5 Å². The maximum Gasteiger partial charge on any atom is 0.145 e. The van der Waals surface area contributed by atoms with Crippen molar-refractivity contribution >= 4 is 5.69 Å². The van der Waals surface area contributed by atoms with Gasteiger partial charge in [0.25, 0.3) is 0 Å². The van der Waals surface area contributed by atoms with Crippen molar-refractivity contribution in [2.45, 2.75) is 31.5 Å². The lowest BCUT2D eigenvalue weighted by Gasteiger charge is -2.32. The summed E-state index contributed by atoms with van der Waals surface area (Å²) < 4.78 is 10.9. The van der Waals surface area contributed by atoms with Crippen LogP contribution < -0.4 is 10.1 Å². The number of hydrogen-bond donors (Lipinski definition) is 1. The standard InChI is InChI=1S/C20H25N3O2/c1-2-10-21-18(3-1)13-23-11-8-17(9-12-23)22-16-4-6-19(7-5-16)25-20-14-24-15-20/h1-7,10,17,20,22H,8-9,11-15H2. The molecule has 25 heavy (non-hydrogen) atoms. The number of anilines is 1. The minimum absolute atomic E-state index is 0.224. The molecule has 2 aliphatic rings. The van der Waals surface area contributed by atoms with Crippen LogP contribution in [0.2, 0.25) is 0 Å². The van der Waals surface area contributed by atoms with Crippen molar-refractivity contribution in [1.82, 2.24) is 9.88 Å². The van der Waals surface area contributed by atoms with Crippen LogP contribution in [-0.4, -0.2) is 48.3 Å². The first kappa shape index (κ1) is 16.4. The van der Waals surface area contributed by atoms with Crippen molar-refractivity contribution in [2.75, 3.05) is 31.6 Å². The summed E-state index contributed by atoms with van der Waals surface area (Å²) in [6.45, 7) is 4.58. The van der Waals surface area contributed by atoms with E-state index in [-0.39, 0.29) is 6.10 Å². The maximum atomic E-state index is 5.80. The molecule has 0 saturated carbocycles. The molecule has 0 spiro atoms. The molecule has 0 radical (unpaired) electrons. The van der Waals surface area contributed by atoms with Crippen molar-refractivity contribution in [3.05, 3.63) is 54.4 Å². The molecule has 1 aromatic carbocycles. The largest absolute Gasteiger partial charge is 0.486 e. The smallest absolute Gasteiger partial charge is 0.145 e. The highest BCUT2D eigenvalue weighted by Gasteiger charge is 2.21. The summed E-state index contributed by atoms with van der Waals surface area (Å²) >= 11 is 0. The zero-order chi connectivity index (χ0) is 16.9. The van der Waals surface area contributed by atoms with E-state index in [4.69, 9.17) is 9.47 Å². The van der Waals surface area contributed by atoms with E-state index in [1.807, 2.05) is 24.4 Å². The van der Waals surface area contributed by atoms with Gasteiger partial charge in [0.2, 0.25) is 0 Å². The Morgan fingerprint density at radius 3 is 2.52 bits per heavy atom. The molecular weight excluding hydrogens is 314 g/mol. The van der Waals surface area contributed by atoms with Gasteiger partial charge >= 0.3 is 0 Å². The van der Waals surface area contributed by atoms with E-state index in [1.54, 1.807) is 0 Å². The first-order chi connectivity index (χ1) is 12.3. The molecule has 4 rings (SSSR count). The van der Waals surface area contributed by atoms with E-state index in [1.165, 1.54) is 5.69 Å². The van der Waals surface area contributed by atoms with Gasteiger partial charge in [-0.2, -0.15) is 0 Å². The van der Waals surface area contributed by atoms with Crippen molar-refractivity contribution in [3.8, 4) is 5.75 Å². The molecule has 0 unspecified atom stereocenters. The summed E-state index contributed by atoms with van der Waals surface area (Å²) in [5, 5.41) is 3.65. The predicted octanol–water partition coefficient (Wildman–Crippen LogP) is 2.94. The van der Waals surface area contributed by atoms with Crippen LogP contribution in [0.5, 0.6) is 5.75 Å². The number of aromatic nitrogens is 1. The fourth-order valence-electron chi connectivity index (χ4n) is 3.30. The van der Waals surface area contributed by atoms with Gasteiger partial charge in [-0.25, -0.2) is 0 Å². The summed E-state index contributed by atoms with van der Waals surface area (Å²) in [6.07, 6.45) is 4.41. The lowest BCUT2D eigenvalue weighted by Crippen LogP contribution is -2.39. The Morgan fingerprint density at radius 1 is 1.08 bits per heavy atom. The second kappa shape index (κ2) is 7.85. The molecule has 132 valence electrons. The first-order valence-corrected chi connectivity index (χ1v) is 9.08. The maximum absolute atomic E-state index is 5.80. The monoisotopic (exact) mass is 339 g/mol. The summed E-state index contributed by atoms with van der Waals surface area (Å²) in [7, 11) is 0. The number of benzene rings is 1. The van der Waals surface area contributed by atoms with Crippen LogP contribution in [0, 0.1) is 0 Å². The van der Waals surface area contributed by atoms with Gasteiger partial charge in [0.05, 0.1) is 18.9 Å². The summed E-state index contributed by atoms with van der Waals surface area (Å²) in [6, 6.07) is 15.0. The molecule has 1 aromatic heterocycles. The number of piperidine rings is 1. The van der Waals surface area contributed by atoms with Crippen LogP contribution in [-0.2, 0) is 11.3 Å². The lowest BCUT2D eigenvalue weighted by molar-refractivity contribution is -0.0796. The highest BCUT2D eigenvalue weighted by atomic mass is 16.6. The van der Waals surface area contributed by atoms with E-state index in [0.29, 0.717) is 19.3 Å². The molecule has 5 heteroatoms. The SMILES string of the molecule is c1ccc(CN2CCC(Nc3ccc(OC4COC4)cc3)CC2)nc1. The highest BCUT2D eigenvalue weighted by molar-refractivity contribution is 5.47. The van der Waals surface area contributed by atoms with Gasteiger partial charge in [0.15, 0.2) is 0 Å². The third kappa shape index (κ3) is 4.50. The van der Waals surface area contributed by atoms with Gasteiger partial charge in [-0.05, 0) is 49.2 Å². The van der Waals surface area contributed by atoms with Gasteiger partial charge in [0.1, 0.15) is 11.9 Å². The van der Waals surface area contributed by atoms with Gasteiger partial charge in [0, 0.05) is 37.6 Å². The molecule has 0 atom stereocenters. The average molecular weight is 339 g/mol. The molecule has 0 bridgehead atoms. The number of nitrogens with one attached hydrogen (secondary N) is 1. The minimum Gasteiger partial charge on any atom is -0.486 e. The zero-order valence-electron chi connectivity index (χ0n) is 14.4. The molecule has 0 amide bonds. The Hall–Kier alpha value is -2.11. The Kier molecular flexibility index (Phi) is 5.14. The van der Waals surface area contributed by atoms with Gasteiger partial charge in [-0.1, -0.05) is 6.07 Å². The van der Waals surface area contributed by atoms with Crippen LogP contribution in [0.4, 0.5) is 5.69 Å². The Bertz CT molecular complexity index is 650. The van der Waals surface area contributed by atoms with E-state index >= 15 is 0 Å². The molecule has 2 fully saturated rings. The Labute approximate surface area is 149 Å². The highest BCUT2D eigenvalue weighted by Crippen LogP contribution is 2.22. The predicted molar refractivity (Wildman–Crippen MR) is 97.8 cm³/mol. The van der Waals surface area contributed by atoms with Crippen LogP contribution in [0.1, 0.15) is 18.5 Å². The summed E-state index contributed by atoms with van der Waals surface area (Å²) in [5.74, 6) is 0.920. The average Bonchev–Trinajstić information content (AvgIpc) is 2.62. The first-order valence-electron chi connectivity index (χ1n) is 9.08. The number of nitrogens with zero attached hydrogens (tertiary/aromatic N) is 2. The van der Waals surface area contributed by atoms with Gasteiger partial charge in [-0.15, -0.1) is 0 Å². The third-order valence-corrected chi connectivity index (χ3v) is 4.83. The van der Waals surface area contributed by atoms with Crippen molar-refractivity contribution in [2.24, 2.45) is 0 Å². The van der Waals surface area contributed by atoms with Crippen LogP contribution in [0.15, 0.2) is 48.7 Å². The van der Waals surface area contributed by atoms with Gasteiger partial charge in [-0.3, -0.25) is 9.88 Å². The number of rotatable bonds is 6. The fraction of sp³-hybridized carbons (Fsp3) is 0.450. The Balaban J connectivity index is 1.22. The van der Waals surface area contributed by atoms with Crippen LogP contribution in [0.3, 0.4) is 0 Å². The second-order valence-corrected chi connectivity index (χ2v) is 6.82. The normalized spacial score (nSPS) is 19.4. The minimum atomic E-state index is 0.224. The van der Waals surface area contributed by atoms with E-state index in [9.17, 15) is 0 Å². The molecule has 1 N–H and O–H groups in total.